The number of hydrogen-bond acceptors (Lipinski definition) is 3. The number of para-hydroxylation sites is 5. The Bertz CT molecular complexity index is 4110. The highest BCUT2D eigenvalue weighted by atomic mass is 16.3. The minimum atomic E-state index is -0.100. The van der Waals surface area contributed by atoms with Gasteiger partial charge in [-0.25, -0.2) is 0 Å². The van der Waals surface area contributed by atoms with Crippen LogP contribution in [0.4, 0.5) is 0 Å². The van der Waals surface area contributed by atoms with Crippen molar-refractivity contribution in [3.05, 3.63) is 192 Å². The Labute approximate surface area is 380 Å². The summed E-state index contributed by atoms with van der Waals surface area (Å²) in [5.74, 6) is 0. The van der Waals surface area contributed by atoms with E-state index in [1.54, 1.807) is 0 Å². The summed E-state index contributed by atoms with van der Waals surface area (Å²) in [5, 5.41) is 31.7. The van der Waals surface area contributed by atoms with Crippen LogP contribution < -0.4 is 0 Å². The van der Waals surface area contributed by atoms with Crippen molar-refractivity contribution in [1.82, 2.24) is 13.7 Å². The van der Waals surface area contributed by atoms with Crippen molar-refractivity contribution in [3.8, 4) is 40.3 Å². The Morgan fingerprint density at radius 3 is 1.64 bits per heavy atom. The SMILES string of the molecule is CC(C)(C)c1ccc(-c2c(-n3c4c(c5ccccc53)C=CCC4)c(C#N)c(-n3c4ccccc4c4ccc5c6ccccc6oc5c43)c(C#N)c2-n2c3ccccc3c3ccccc32)cc1. The second-order valence-corrected chi connectivity index (χ2v) is 18.5. The Morgan fingerprint density at radius 1 is 0.500 bits per heavy atom. The molecule has 66 heavy (non-hydrogen) atoms. The van der Waals surface area contributed by atoms with Gasteiger partial charge in [-0.1, -0.05) is 154 Å². The Morgan fingerprint density at radius 2 is 1.02 bits per heavy atom. The van der Waals surface area contributed by atoms with E-state index in [1.807, 2.05) is 24.3 Å². The van der Waals surface area contributed by atoms with Gasteiger partial charge in [-0.05, 0) is 65.8 Å². The first kappa shape index (κ1) is 37.9. The lowest BCUT2D eigenvalue weighted by molar-refractivity contribution is 0.590. The van der Waals surface area contributed by atoms with Gasteiger partial charge in [0.2, 0.25) is 0 Å². The molecule has 1 aliphatic rings. The van der Waals surface area contributed by atoms with Crippen molar-refractivity contribution in [2.45, 2.75) is 39.0 Å². The van der Waals surface area contributed by atoms with E-state index in [0.29, 0.717) is 28.1 Å². The minimum absolute atomic E-state index is 0.100. The van der Waals surface area contributed by atoms with E-state index >= 15 is 0 Å². The van der Waals surface area contributed by atoms with E-state index in [2.05, 4.69) is 192 Å². The van der Waals surface area contributed by atoms with E-state index in [1.165, 1.54) is 5.56 Å². The number of aromatic nitrogens is 3. The lowest BCUT2D eigenvalue weighted by Crippen LogP contribution is -2.15. The molecule has 0 bridgehead atoms. The molecule has 0 saturated heterocycles. The normalized spacial score (nSPS) is 12.9. The molecule has 8 aromatic carbocycles. The predicted octanol–water partition coefficient (Wildman–Crippen LogP) is 15.4. The summed E-state index contributed by atoms with van der Waals surface area (Å²) in [7, 11) is 0. The molecular weight excluding hydrogens is 807 g/mol. The number of nitrogens with zero attached hydrogens (tertiary/aromatic N) is 5. The van der Waals surface area contributed by atoms with Crippen molar-refractivity contribution in [3.63, 3.8) is 0 Å². The molecule has 6 heteroatoms. The van der Waals surface area contributed by atoms with E-state index in [9.17, 15) is 10.5 Å². The summed E-state index contributed by atoms with van der Waals surface area (Å²) >= 11 is 0. The smallest absolute Gasteiger partial charge is 0.160 e. The second-order valence-electron chi connectivity index (χ2n) is 18.5. The van der Waals surface area contributed by atoms with Gasteiger partial charge in [0.05, 0.1) is 44.6 Å². The maximum atomic E-state index is 12.2. The van der Waals surface area contributed by atoms with Gasteiger partial charge in [-0.2, -0.15) is 10.5 Å². The zero-order valence-electron chi connectivity index (χ0n) is 36.7. The van der Waals surface area contributed by atoms with Crippen LogP contribution in [0, 0.1) is 22.7 Å². The van der Waals surface area contributed by atoms with Crippen LogP contribution in [-0.4, -0.2) is 13.7 Å². The van der Waals surface area contributed by atoms with Gasteiger partial charge in [0.15, 0.2) is 5.58 Å². The predicted molar refractivity (Wildman–Crippen MR) is 270 cm³/mol. The van der Waals surface area contributed by atoms with Gasteiger partial charge in [0.1, 0.15) is 28.8 Å². The highest BCUT2D eigenvalue weighted by Gasteiger charge is 2.34. The van der Waals surface area contributed by atoms with Crippen molar-refractivity contribution >= 4 is 82.5 Å². The van der Waals surface area contributed by atoms with Gasteiger partial charge in [0.25, 0.3) is 0 Å². The largest absolute Gasteiger partial charge is 0.454 e. The fourth-order valence-electron chi connectivity index (χ4n) is 11.1. The molecule has 0 atom stereocenters. The highest BCUT2D eigenvalue weighted by Crippen LogP contribution is 2.50. The third-order valence-corrected chi connectivity index (χ3v) is 14.0. The molecule has 4 heterocycles. The van der Waals surface area contributed by atoms with E-state index in [4.69, 9.17) is 4.42 Å². The first-order chi connectivity index (χ1) is 32.4. The average molecular weight is 848 g/mol. The number of furan rings is 1. The van der Waals surface area contributed by atoms with Crippen LogP contribution in [0.3, 0.4) is 0 Å². The monoisotopic (exact) mass is 847 g/mol. The molecule has 0 unspecified atom stereocenters. The average Bonchev–Trinajstić information content (AvgIpc) is 4.09. The third-order valence-electron chi connectivity index (χ3n) is 14.0. The van der Waals surface area contributed by atoms with Crippen LogP contribution in [0.2, 0.25) is 0 Å². The van der Waals surface area contributed by atoms with Gasteiger partial charge in [-0.3, -0.25) is 0 Å². The molecular formula is C60H41N5O. The van der Waals surface area contributed by atoms with Crippen LogP contribution in [0.15, 0.2) is 168 Å². The maximum Gasteiger partial charge on any atom is 0.160 e. The second kappa shape index (κ2) is 14.0. The molecule has 0 aliphatic heterocycles. The van der Waals surface area contributed by atoms with Crippen LogP contribution in [-0.2, 0) is 11.8 Å². The van der Waals surface area contributed by atoms with Crippen LogP contribution in [0.5, 0.6) is 0 Å². The zero-order chi connectivity index (χ0) is 44.4. The Balaban J connectivity index is 1.34. The van der Waals surface area contributed by atoms with E-state index in [-0.39, 0.29) is 5.41 Å². The first-order valence-corrected chi connectivity index (χ1v) is 22.6. The summed E-state index contributed by atoms with van der Waals surface area (Å²) in [6.45, 7) is 6.68. The molecule has 0 spiro atoms. The van der Waals surface area contributed by atoms with Gasteiger partial charge in [0, 0.05) is 54.5 Å². The van der Waals surface area contributed by atoms with Gasteiger partial charge in [-0.15, -0.1) is 0 Å². The summed E-state index contributed by atoms with van der Waals surface area (Å²) in [6.07, 6.45) is 6.13. The number of benzene rings is 8. The number of nitriles is 2. The Kier molecular flexibility index (Phi) is 8.02. The lowest BCUT2D eigenvalue weighted by Gasteiger charge is -2.27. The van der Waals surface area contributed by atoms with Crippen LogP contribution in [0.25, 0.3) is 111 Å². The molecule has 0 amide bonds. The maximum absolute atomic E-state index is 12.2. The fraction of sp³-hybridized carbons (Fsp3) is 0.100. The molecule has 1 aliphatic carbocycles. The molecule has 0 fully saturated rings. The number of allylic oxidation sites excluding steroid dienone is 1. The molecule has 312 valence electrons. The van der Waals surface area contributed by atoms with Crippen LogP contribution >= 0.6 is 0 Å². The van der Waals surface area contributed by atoms with Crippen molar-refractivity contribution in [1.29, 1.82) is 10.5 Å². The van der Waals surface area contributed by atoms with E-state index < -0.39 is 0 Å². The van der Waals surface area contributed by atoms with Crippen molar-refractivity contribution < 1.29 is 4.42 Å². The summed E-state index contributed by atoms with van der Waals surface area (Å²) in [4.78, 5) is 0. The van der Waals surface area contributed by atoms with Crippen LogP contribution in [0.1, 0.15) is 55.1 Å². The lowest BCUT2D eigenvalue weighted by atomic mass is 9.85. The molecule has 12 aromatic rings. The van der Waals surface area contributed by atoms with E-state index in [0.717, 1.165) is 112 Å². The fourth-order valence-corrected chi connectivity index (χ4v) is 11.1. The molecule has 13 rings (SSSR count). The van der Waals surface area contributed by atoms with Crippen molar-refractivity contribution in [2.75, 3.05) is 0 Å². The first-order valence-electron chi connectivity index (χ1n) is 22.6. The molecule has 0 radical (unpaired) electrons. The molecule has 0 N–H and O–H groups in total. The number of rotatable bonds is 4. The Hall–Kier alpha value is -8.58. The topological polar surface area (TPSA) is 75.5 Å². The standard InChI is InChI=1S/C60H41N5O/c1-60(2,3)37-30-28-36(29-31-37)54-56(63-48-22-10-4-16-38(48)39-17-5-11-23-49(39)63)46(34-61)55(47(35-62)57(54)64-50-24-12-6-18-40(50)41-19-7-13-25-51(41)64)65-52-26-14-8-20-42(52)44-32-33-45-43-21-9-15-27-53(43)66-59(45)58(44)65/h4-12,14-24,26-33H,13,25H2,1-3H3. The highest BCUT2D eigenvalue weighted by molar-refractivity contribution is 6.22. The zero-order valence-corrected chi connectivity index (χ0v) is 36.7. The van der Waals surface area contributed by atoms with Gasteiger partial charge < -0.3 is 18.1 Å². The molecule has 4 aromatic heterocycles. The van der Waals surface area contributed by atoms with Crippen molar-refractivity contribution in [2.24, 2.45) is 0 Å². The minimum Gasteiger partial charge on any atom is -0.454 e. The quantitative estimate of drug-likeness (QED) is 0.177. The molecule has 6 nitrogen and oxygen atoms in total. The molecule has 0 saturated carbocycles. The summed E-state index contributed by atoms with van der Waals surface area (Å²) in [5.41, 5.74) is 13.9. The van der Waals surface area contributed by atoms with Gasteiger partial charge >= 0.3 is 0 Å². The number of hydrogen-bond donors (Lipinski definition) is 0. The third kappa shape index (κ3) is 5.16. The number of fused-ring (bicyclic) bond motifs is 13. The summed E-state index contributed by atoms with van der Waals surface area (Å²) < 4.78 is 13.7. The summed E-state index contributed by atoms with van der Waals surface area (Å²) in [6, 6.07) is 60.7.